The van der Waals surface area contributed by atoms with Crippen molar-refractivity contribution in [1.29, 1.82) is 0 Å². The molecular weight excluding hydrogens is 224 g/mol. The summed E-state index contributed by atoms with van der Waals surface area (Å²) >= 11 is 0. The van der Waals surface area contributed by atoms with Crippen LogP contribution in [0.2, 0.25) is 0 Å². The zero-order chi connectivity index (χ0) is 13.2. The van der Waals surface area contributed by atoms with E-state index in [0.29, 0.717) is 6.54 Å². The van der Waals surface area contributed by atoms with E-state index in [-0.39, 0.29) is 18.5 Å². The van der Waals surface area contributed by atoms with Crippen molar-refractivity contribution >= 4 is 5.91 Å². The summed E-state index contributed by atoms with van der Waals surface area (Å²) in [6.07, 6.45) is 6.99. The predicted molar refractivity (Wildman–Crippen MR) is 74.1 cm³/mol. The molecule has 0 fully saturated rings. The average molecular weight is 244 g/mol. The topological polar surface area (TPSA) is 41.1 Å². The fourth-order valence-electron chi connectivity index (χ4n) is 1.67. The van der Waals surface area contributed by atoms with Crippen molar-refractivity contribution < 1.29 is 4.79 Å². The van der Waals surface area contributed by atoms with E-state index >= 15 is 0 Å². The van der Waals surface area contributed by atoms with Crippen LogP contribution in [0, 0.1) is 12.3 Å². The first-order valence-electron chi connectivity index (χ1n) is 6.20. The van der Waals surface area contributed by atoms with Gasteiger partial charge in [0.05, 0.1) is 13.1 Å². The van der Waals surface area contributed by atoms with Gasteiger partial charge in [0.1, 0.15) is 0 Å². The van der Waals surface area contributed by atoms with E-state index in [4.69, 9.17) is 6.42 Å². The van der Waals surface area contributed by atoms with Gasteiger partial charge in [0, 0.05) is 6.04 Å². The Hall–Kier alpha value is -1.79. The van der Waals surface area contributed by atoms with E-state index in [0.717, 1.165) is 12.8 Å². The van der Waals surface area contributed by atoms with Crippen molar-refractivity contribution in [2.45, 2.75) is 25.8 Å². The van der Waals surface area contributed by atoms with Gasteiger partial charge < -0.3 is 5.32 Å². The number of nitrogens with one attached hydrogen (secondary N) is 2. The molecule has 2 N–H and O–H groups in total. The third kappa shape index (κ3) is 6.07. The molecule has 0 aliphatic rings. The van der Waals surface area contributed by atoms with Gasteiger partial charge in [-0.25, -0.2) is 0 Å². The van der Waals surface area contributed by atoms with E-state index in [1.165, 1.54) is 5.56 Å². The number of carbonyl (C=O) groups excluding carboxylic acids is 1. The van der Waals surface area contributed by atoms with Crippen molar-refractivity contribution in [2.24, 2.45) is 0 Å². The number of carbonyl (C=O) groups is 1. The van der Waals surface area contributed by atoms with Gasteiger partial charge in [0.15, 0.2) is 0 Å². The first-order valence-corrected chi connectivity index (χ1v) is 6.20. The molecule has 96 valence electrons. The minimum absolute atomic E-state index is 0.00851. The first-order chi connectivity index (χ1) is 8.72. The smallest absolute Gasteiger partial charge is 0.234 e. The second-order valence-corrected chi connectivity index (χ2v) is 4.30. The van der Waals surface area contributed by atoms with E-state index < -0.39 is 0 Å². The van der Waals surface area contributed by atoms with Gasteiger partial charge in [-0.15, -0.1) is 6.42 Å². The molecule has 1 aromatic carbocycles. The SMILES string of the molecule is C#CCNCC(=O)NC(C)CCc1ccccc1. The number of terminal acetylenes is 1. The average Bonchev–Trinajstić information content (AvgIpc) is 2.38. The lowest BCUT2D eigenvalue weighted by Gasteiger charge is -2.13. The third-order valence-corrected chi connectivity index (χ3v) is 2.63. The summed E-state index contributed by atoms with van der Waals surface area (Å²) in [7, 11) is 0. The van der Waals surface area contributed by atoms with Gasteiger partial charge in [0.25, 0.3) is 0 Å². The molecule has 1 unspecified atom stereocenters. The summed E-state index contributed by atoms with van der Waals surface area (Å²) in [6.45, 7) is 2.72. The monoisotopic (exact) mass is 244 g/mol. The van der Waals surface area contributed by atoms with Crippen LogP contribution < -0.4 is 10.6 Å². The summed E-state index contributed by atoms with van der Waals surface area (Å²) in [6, 6.07) is 10.4. The van der Waals surface area contributed by atoms with Crippen LogP contribution in [-0.2, 0) is 11.2 Å². The second-order valence-electron chi connectivity index (χ2n) is 4.30. The first kappa shape index (κ1) is 14.3. The molecule has 0 heterocycles. The molecule has 0 radical (unpaired) electrons. The van der Waals surface area contributed by atoms with E-state index in [1.807, 2.05) is 25.1 Å². The maximum absolute atomic E-state index is 11.5. The van der Waals surface area contributed by atoms with Crippen LogP contribution in [-0.4, -0.2) is 25.0 Å². The van der Waals surface area contributed by atoms with E-state index in [2.05, 4.69) is 28.7 Å². The molecular formula is C15H20N2O. The number of hydrogen-bond donors (Lipinski definition) is 2. The van der Waals surface area contributed by atoms with Crippen LogP contribution in [0.15, 0.2) is 30.3 Å². The molecule has 18 heavy (non-hydrogen) atoms. The summed E-state index contributed by atoms with van der Waals surface area (Å²) < 4.78 is 0. The van der Waals surface area contributed by atoms with Crippen molar-refractivity contribution in [1.82, 2.24) is 10.6 Å². The Balaban J connectivity index is 2.19. The highest BCUT2D eigenvalue weighted by Gasteiger charge is 2.06. The van der Waals surface area contributed by atoms with Gasteiger partial charge in [-0.3, -0.25) is 10.1 Å². The van der Waals surface area contributed by atoms with Crippen molar-refractivity contribution in [3.05, 3.63) is 35.9 Å². The Bertz CT molecular complexity index is 395. The predicted octanol–water partition coefficient (Wildman–Crippen LogP) is 1.35. The van der Waals surface area contributed by atoms with E-state index in [1.54, 1.807) is 0 Å². The molecule has 1 rings (SSSR count). The van der Waals surface area contributed by atoms with Crippen molar-refractivity contribution in [3.63, 3.8) is 0 Å². The molecule has 0 bridgehead atoms. The number of amides is 1. The lowest BCUT2D eigenvalue weighted by Crippen LogP contribution is -2.39. The van der Waals surface area contributed by atoms with Gasteiger partial charge in [-0.2, -0.15) is 0 Å². The van der Waals surface area contributed by atoms with Crippen LogP contribution >= 0.6 is 0 Å². The fraction of sp³-hybridized carbons (Fsp3) is 0.400. The maximum atomic E-state index is 11.5. The standard InChI is InChI=1S/C15H20N2O/c1-3-11-16-12-15(18)17-13(2)9-10-14-7-5-4-6-8-14/h1,4-8,13,16H,9-12H2,2H3,(H,17,18). The number of hydrogen-bond acceptors (Lipinski definition) is 2. The highest BCUT2D eigenvalue weighted by Crippen LogP contribution is 2.04. The van der Waals surface area contributed by atoms with Crippen LogP contribution in [0.5, 0.6) is 0 Å². The summed E-state index contributed by atoms with van der Waals surface area (Å²) in [5, 5.41) is 5.80. The maximum Gasteiger partial charge on any atom is 0.234 e. The second kappa shape index (κ2) is 8.32. The molecule has 1 amide bonds. The van der Waals surface area contributed by atoms with Crippen LogP contribution in [0.4, 0.5) is 0 Å². The van der Waals surface area contributed by atoms with Crippen molar-refractivity contribution in [2.75, 3.05) is 13.1 Å². The van der Waals surface area contributed by atoms with Gasteiger partial charge in [-0.05, 0) is 25.3 Å². The lowest BCUT2D eigenvalue weighted by atomic mass is 10.1. The zero-order valence-electron chi connectivity index (χ0n) is 10.8. The molecule has 1 atom stereocenters. The Labute approximate surface area is 109 Å². The van der Waals surface area contributed by atoms with Gasteiger partial charge in [-0.1, -0.05) is 36.3 Å². The summed E-state index contributed by atoms with van der Waals surface area (Å²) in [5.74, 6) is 2.42. The normalized spacial score (nSPS) is 11.6. The minimum Gasteiger partial charge on any atom is -0.353 e. The van der Waals surface area contributed by atoms with Crippen LogP contribution in [0.1, 0.15) is 18.9 Å². The number of aryl methyl sites for hydroxylation is 1. The Morgan fingerprint density at radius 1 is 1.39 bits per heavy atom. The van der Waals surface area contributed by atoms with Gasteiger partial charge >= 0.3 is 0 Å². The van der Waals surface area contributed by atoms with Crippen LogP contribution in [0.3, 0.4) is 0 Å². The molecule has 0 aromatic heterocycles. The lowest BCUT2D eigenvalue weighted by molar-refractivity contribution is -0.120. The molecule has 0 aliphatic heterocycles. The Morgan fingerprint density at radius 3 is 2.78 bits per heavy atom. The Kier molecular flexibility index (Phi) is 6.60. The highest BCUT2D eigenvalue weighted by atomic mass is 16.1. The van der Waals surface area contributed by atoms with E-state index in [9.17, 15) is 4.79 Å². The van der Waals surface area contributed by atoms with Crippen molar-refractivity contribution in [3.8, 4) is 12.3 Å². The Morgan fingerprint density at radius 2 is 2.11 bits per heavy atom. The molecule has 0 aliphatic carbocycles. The minimum atomic E-state index is -0.00851. The van der Waals surface area contributed by atoms with Gasteiger partial charge in [0.2, 0.25) is 5.91 Å². The summed E-state index contributed by atoms with van der Waals surface area (Å²) in [5.41, 5.74) is 1.30. The largest absolute Gasteiger partial charge is 0.353 e. The fourth-order valence-corrected chi connectivity index (χ4v) is 1.67. The number of rotatable bonds is 7. The molecule has 3 nitrogen and oxygen atoms in total. The zero-order valence-corrected chi connectivity index (χ0v) is 10.8. The molecule has 3 heteroatoms. The quantitative estimate of drug-likeness (QED) is 0.561. The third-order valence-electron chi connectivity index (χ3n) is 2.63. The molecule has 0 spiro atoms. The number of benzene rings is 1. The van der Waals surface area contributed by atoms with Crippen LogP contribution in [0.25, 0.3) is 0 Å². The highest BCUT2D eigenvalue weighted by molar-refractivity contribution is 5.78. The molecule has 1 aromatic rings. The molecule has 0 saturated carbocycles. The molecule has 0 saturated heterocycles. The summed E-state index contributed by atoms with van der Waals surface area (Å²) in [4.78, 5) is 11.5.